The molecule has 0 aliphatic carbocycles. The molecule has 0 aliphatic heterocycles. The lowest BCUT2D eigenvalue weighted by Crippen LogP contribution is -2.29. The lowest BCUT2D eigenvalue weighted by Gasteiger charge is -2.13. The number of nitro groups is 2. The van der Waals surface area contributed by atoms with Crippen molar-refractivity contribution in [1.82, 2.24) is 4.72 Å². The summed E-state index contributed by atoms with van der Waals surface area (Å²) in [4.78, 5) is 56.5. The number of amides is 1. The Bertz CT molecular complexity index is 2400. The van der Waals surface area contributed by atoms with Crippen molar-refractivity contribution >= 4 is 62.4 Å². The predicted molar refractivity (Wildman–Crippen MR) is 193 cm³/mol. The normalized spacial score (nSPS) is 11.9. The Kier molecular flexibility index (Phi) is 15.2. The fourth-order valence-corrected chi connectivity index (χ4v) is 5.23. The Morgan fingerprint density at radius 2 is 1.17 bits per heavy atom. The van der Waals surface area contributed by atoms with E-state index in [1.807, 2.05) is 0 Å². The van der Waals surface area contributed by atoms with E-state index in [0.29, 0.717) is 24.5 Å². The lowest BCUT2D eigenvalue weighted by atomic mass is 10.1. The number of ether oxygens (including phenoxy) is 4. The zero-order valence-electron chi connectivity index (χ0n) is 29.8. The molecule has 0 radical (unpaired) electrons. The van der Waals surface area contributed by atoms with Crippen LogP contribution in [-0.2, 0) is 36.6 Å². The zero-order valence-corrected chi connectivity index (χ0v) is 32.2. The monoisotopic (exact) mass is 899 g/mol. The van der Waals surface area contributed by atoms with E-state index >= 15 is 0 Å². The van der Waals surface area contributed by atoms with Gasteiger partial charge in [-0.25, -0.2) is 22.7 Å². The lowest BCUT2D eigenvalue weighted by molar-refractivity contribution is -0.385. The number of hydrogen-bond donors (Lipinski definition) is 1. The maximum absolute atomic E-state index is 12.8. The van der Waals surface area contributed by atoms with Crippen molar-refractivity contribution in [2.75, 3.05) is 12.9 Å². The van der Waals surface area contributed by atoms with Crippen LogP contribution in [0.3, 0.4) is 0 Å². The van der Waals surface area contributed by atoms with Gasteiger partial charge < -0.3 is 18.9 Å². The summed E-state index contributed by atoms with van der Waals surface area (Å²) in [5, 5.41) is 21.5. The molecule has 0 aliphatic rings. The van der Waals surface area contributed by atoms with Gasteiger partial charge in [-0.2, -0.15) is 26.3 Å². The van der Waals surface area contributed by atoms with Gasteiger partial charge in [-0.05, 0) is 62.4 Å². The van der Waals surface area contributed by atoms with Gasteiger partial charge >= 0.3 is 24.3 Å². The Labute approximate surface area is 337 Å². The third-order valence-electron chi connectivity index (χ3n) is 6.95. The van der Waals surface area contributed by atoms with Crippen molar-refractivity contribution in [3.05, 3.63) is 125 Å². The highest BCUT2D eigenvalue weighted by atomic mass is 35.5. The minimum Gasteiger partial charge on any atom is -0.463 e. The van der Waals surface area contributed by atoms with E-state index in [-0.39, 0.29) is 34.6 Å². The minimum atomic E-state index is -4.62. The summed E-state index contributed by atoms with van der Waals surface area (Å²) >= 11 is 11.6. The van der Waals surface area contributed by atoms with Crippen LogP contribution >= 0.6 is 23.2 Å². The summed E-state index contributed by atoms with van der Waals surface area (Å²) in [7, 11) is -4.00. The number of carbonyl (C=O) groups excluding carboxylic acids is 3. The fourth-order valence-electron chi connectivity index (χ4n) is 4.35. The number of benzene rings is 4. The van der Waals surface area contributed by atoms with Crippen LogP contribution in [0.25, 0.3) is 0 Å². The molecule has 0 saturated heterocycles. The SMILES string of the molecule is CCOC(=O)C(C)OC(=O)c1cc(Oc2ccc(C(F)(F)F)cc2Cl)ccc1[N+](=O)[O-].CS(=O)(=O)NC(=O)c1cc(Oc2ccc(C(F)(F)F)cc2Cl)ccc1[N+](=O)[O-]. The number of nitrogens with one attached hydrogen (secondary N) is 1. The molecule has 1 amide bonds. The van der Waals surface area contributed by atoms with Crippen molar-refractivity contribution in [3.8, 4) is 23.0 Å². The third-order valence-corrected chi connectivity index (χ3v) is 8.10. The average molecular weight is 901 g/mol. The van der Waals surface area contributed by atoms with Gasteiger partial charge in [-0.15, -0.1) is 0 Å². The van der Waals surface area contributed by atoms with E-state index in [2.05, 4.69) is 0 Å². The molecule has 4 rings (SSSR count). The van der Waals surface area contributed by atoms with Gasteiger partial charge in [0.1, 0.15) is 34.1 Å². The van der Waals surface area contributed by atoms with Gasteiger partial charge in [0.05, 0.1) is 43.9 Å². The maximum atomic E-state index is 12.8. The molecule has 0 saturated carbocycles. The smallest absolute Gasteiger partial charge is 0.416 e. The molecule has 0 fully saturated rings. The summed E-state index contributed by atoms with van der Waals surface area (Å²) in [5.74, 6) is -4.04. The molecule has 4 aromatic rings. The van der Waals surface area contributed by atoms with E-state index < -0.39 is 94.8 Å². The quantitative estimate of drug-likeness (QED) is 0.0608. The first-order valence-electron chi connectivity index (χ1n) is 15.8. The second-order valence-electron chi connectivity index (χ2n) is 11.4. The molecule has 0 aromatic heterocycles. The van der Waals surface area contributed by atoms with Crippen LogP contribution < -0.4 is 14.2 Å². The highest BCUT2D eigenvalue weighted by Crippen LogP contribution is 2.39. The Hall–Kier alpha value is -6.20. The van der Waals surface area contributed by atoms with Gasteiger partial charge in [-0.1, -0.05) is 23.2 Å². The predicted octanol–water partition coefficient (Wildman–Crippen LogP) is 8.92. The molecule has 59 heavy (non-hydrogen) atoms. The van der Waals surface area contributed by atoms with Crippen molar-refractivity contribution in [2.24, 2.45) is 0 Å². The van der Waals surface area contributed by atoms with Gasteiger partial charge in [0.25, 0.3) is 17.3 Å². The number of nitro benzene ring substituents is 2. The largest absolute Gasteiger partial charge is 0.463 e. The van der Waals surface area contributed by atoms with Crippen molar-refractivity contribution in [1.29, 1.82) is 0 Å². The standard InChI is InChI=1S/C19H15ClF3NO7.C15H10ClF3N2O6S/c1-3-29-17(25)10(2)30-18(26)13-9-12(5-6-15(13)24(27)28)31-16-7-4-11(8-14(16)20)19(21,22)23;1-28(25,26)20-14(22)10-7-9(3-4-12(10)21(23)24)27-13-5-2-8(6-11(13)16)15(17,18)19/h4-10H,3H2,1-2H3;2-7H,1H3,(H,20,22). The highest BCUT2D eigenvalue weighted by Gasteiger charge is 2.33. The number of halogens is 8. The maximum Gasteiger partial charge on any atom is 0.416 e. The number of carbonyl (C=O) groups is 3. The van der Waals surface area contributed by atoms with E-state index in [1.165, 1.54) is 6.92 Å². The number of rotatable bonds is 12. The van der Waals surface area contributed by atoms with E-state index in [4.69, 9.17) is 42.1 Å². The van der Waals surface area contributed by atoms with Crippen LogP contribution in [0, 0.1) is 20.2 Å². The van der Waals surface area contributed by atoms with Crippen molar-refractivity contribution in [3.63, 3.8) is 0 Å². The van der Waals surface area contributed by atoms with Crippen LogP contribution in [0.2, 0.25) is 10.0 Å². The first kappa shape index (κ1) is 47.2. The van der Waals surface area contributed by atoms with Crippen LogP contribution in [0.4, 0.5) is 37.7 Å². The van der Waals surface area contributed by atoms with Gasteiger partial charge in [0.2, 0.25) is 10.0 Å². The summed E-state index contributed by atoms with van der Waals surface area (Å²) in [6.07, 6.45) is -9.88. The molecular weight excluding hydrogens is 875 g/mol. The third kappa shape index (κ3) is 13.4. The number of sulfonamides is 1. The van der Waals surface area contributed by atoms with E-state index in [9.17, 15) is 69.4 Å². The van der Waals surface area contributed by atoms with Crippen LogP contribution in [0.1, 0.15) is 45.7 Å². The Morgan fingerprint density at radius 3 is 1.54 bits per heavy atom. The van der Waals surface area contributed by atoms with Gasteiger partial charge in [0, 0.05) is 24.3 Å². The summed E-state index contributed by atoms with van der Waals surface area (Å²) < 4.78 is 120. The second-order valence-corrected chi connectivity index (χ2v) is 13.9. The summed E-state index contributed by atoms with van der Waals surface area (Å²) in [6.45, 7) is 2.81. The van der Waals surface area contributed by atoms with Crippen LogP contribution in [0.15, 0.2) is 72.8 Å². The number of hydrogen-bond acceptors (Lipinski definition) is 13. The molecule has 4 aromatic carbocycles. The van der Waals surface area contributed by atoms with Gasteiger partial charge in [-0.3, -0.25) is 25.0 Å². The first-order chi connectivity index (χ1) is 27.2. The minimum absolute atomic E-state index is 0.0398. The number of alkyl halides is 6. The topological polar surface area (TPSA) is 221 Å². The molecule has 1 unspecified atom stereocenters. The number of esters is 2. The van der Waals surface area contributed by atoms with Crippen molar-refractivity contribution < 1.29 is 77.9 Å². The second kappa shape index (κ2) is 19.0. The fraction of sp³-hybridized carbons (Fsp3) is 0.206. The Balaban J connectivity index is 0.000000317. The molecule has 0 spiro atoms. The van der Waals surface area contributed by atoms with Crippen LogP contribution in [0.5, 0.6) is 23.0 Å². The van der Waals surface area contributed by atoms with Gasteiger partial charge in [0.15, 0.2) is 6.10 Å². The molecule has 1 N–H and O–H groups in total. The molecule has 0 heterocycles. The summed E-state index contributed by atoms with van der Waals surface area (Å²) in [6, 6.07) is 10.5. The first-order valence-corrected chi connectivity index (χ1v) is 18.4. The molecule has 316 valence electrons. The van der Waals surface area contributed by atoms with Crippen molar-refractivity contribution in [2.45, 2.75) is 32.3 Å². The molecular formula is C34H25Cl2F6N3O13S. The molecule has 25 heteroatoms. The highest BCUT2D eigenvalue weighted by molar-refractivity contribution is 7.89. The van der Waals surface area contributed by atoms with Crippen LogP contribution in [-0.4, -0.2) is 55.1 Å². The average Bonchev–Trinajstić information content (AvgIpc) is 3.11. The Morgan fingerprint density at radius 1 is 0.746 bits per heavy atom. The van der Waals surface area contributed by atoms with E-state index in [0.717, 1.165) is 54.6 Å². The molecule has 0 bridgehead atoms. The zero-order chi connectivity index (χ0) is 44.6. The molecule has 1 atom stereocenters. The molecule has 16 nitrogen and oxygen atoms in total. The summed E-state index contributed by atoms with van der Waals surface area (Å²) in [5.41, 5.74) is -4.51. The number of nitrogens with zero attached hydrogens (tertiary/aromatic N) is 2. The van der Waals surface area contributed by atoms with E-state index in [1.54, 1.807) is 11.6 Å².